The first-order chi connectivity index (χ1) is 11.5. The number of piperazine rings is 1. The summed E-state index contributed by atoms with van der Waals surface area (Å²) < 4.78 is 6.48. The third-order valence-corrected chi connectivity index (χ3v) is 4.70. The Bertz CT molecular complexity index is 568. The average Bonchev–Trinajstić information content (AvgIpc) is 2.96. The van der Waals surface area contributed by atoms with Gasteiger partial charge in [-0.2, -0.15) is 0 Å². The van der Waals surface area contributed by atoms with Gasteiger partial charge in [-0.3, -0.25) is 9.59 Å². The van der Waals surface area contributed by atoms with Crippen LogP contribution in [0.15, 0.2) is 5.16 Å². The number of carbonyl (C=O) groups is 2. The molecule has 1 saturated heterocycles. The summed E-state index contributed by atoms with van der Waals surface area (Å²) in [5, 5.41) is 14.7. The Morgan fingerprint density at radius 1 is 1.38 bits per heavy atom. The Labute approximate surface area is 144 Å². The Kier molecular flexibility index (Phi) is 6.94. The number of thioether (sulfide) groups is 1. The molecule has 1 fully saturated rings. The van der Waals surface area contributed by atoms with Crippen molar-refractivity contribution in [1.29, 1.82) is 0 Å². The molecule has 24 heavy (non-hydrogen) atoms. The van der Waals surface area contributed by atoms with Crippen molar-refractivity contribution in [2.75, 3.05) is 52.7 Å². The first-order valence-electron chi connectivity index (χ1n) is 7.62. The van der Waals surface area contributed by atoms with Crippen molar-refractivity contribution in [2.24, 2.45) is 7.05 Å². The van der Waals surface area contributed by atoms with Gasteiger partial charge in [0.2, 0.25) is 17.0 Å². The molecule has 134 valence electrons. The number of hydrogen-bond acceptors (Lipinski definition) is 8. The zero-order chi connectivity index (χ0) is 17.5. The summed E-state index contributed by atoms with van der Waals surface area (Å²) in [5.74, 6) is 0.335. The Hall–Kier alpha value is -1.72. The molecule has 0 aromatic carbocycles. The van der Waals surface area contributed by atoms with Crippen LogP contribution in [0.2, 0.25) is 0 Å². The Morgan fingerprint density at radius 3 is 2.83 bits per heavy atom. The number of rotatable bonds is 7. The minimum absolute atomic E-state index is 0.0114. The first kappa shape index (κ1) is 18.6. The molecule has 1 atom stereocenters. The van der Waals surface area contributed by atoms with Crippen molar-refractivity contribution < 1.29 is 14.3 Å². The van der Waals surface area contributed by atoms with E-state index in [0.717, 1.165) is 6.54 Å². The van der Waals surface area contributed by atoms with E-state index >= 15 is 0 Å². The lowest BCUT2D eigenvalue weighted by atomic mass is 10.1. The van der Waals surface area contributed by atoms with E-state index in [2.05, 4.69) is 20.8 Å². The molecule has 0 unspecified atom stereocenters. The number of aryl methyl sites for hydroxylation is 1. The van der Waals surface area contributed by atoms with Crippen LogP contribution in [0.5, 0.6) is 0 Å². The number of nitrogens with one attached hydrogen (secondary N) is 1. The lowest BCUT2D eigenvalue weighted by molar-refractivity contribution is -0.146. The van der Waals surface area contributed by atoms with Gasteiger partial charge in [-0.15, -0.1) is 5.10 Å². The van der Waals surface area contributed by atoms with Crippen molar-refractivity contribution in [3.05, 3.63) is 0 Å². The molecule has 0 aliphatic carbocycles. The smallest absolute Gasteiger partial charge is 0.249 e. The van der Waals surface area contributed by atoms with E-state index in [4.69, 9.17) is 4.74 Å². The van der Waals surface area contributed by atoms with Crippen LogP contribution in [0.3, 0.4) is 0 Å². The second-order valence-corrected chi connectivity index (χ2v) is 6.58. The first-order valence-corrected chi connectivity index (χ1v) is 8.61. The highest BCUT2D eigenvalue weighted by Gasteiger charge is 2.33. The van der Waals surface area contributed by atoms with E-state index in [9.17, 15) is 9.59 Å². The number of amides is 2. The molecule has 0 radical (unpaired) electrons. The van der Waals surface area contributed by atoms with E-state index in [1.807, 2.05) is 11.9 Å². The normalized spacial score (nSPS) is 18.6. The van der Waals surface area contributed by atoms with Gasteiger partial charge in [-0.25, -0.2) is 4.68 Å². The van der Waals surface area contributed by atoms with Gasteiger partial charge in [0.25, 0.3) is 0 Å². The highest BCUT2D eigenvalue weighted by molar-refractivity contribution is 7.99. The van der Waals surface area contributed by atoms with Crippen molar-refractivity contribution in [2.45, 2.75) is 11.2 Å². The van der Waals surface area contributed by atoms with Crippen LogP contribution < -0.4 is 5.32 Å². The van der Waals surface area contributed by atoms with Crippen molar-refractivity contribution in [1.82, 2.24) is 35.3 Å². The van der Waals surface area contributed by atoms with Crippen molar-refractivity contribution >= 4 is 23.6 Å². The highest BCUT2D eigenvalue weighted by atomic mass is 32.2. The fourth-order valence-electron chi connectivity index (χ4n) is 2.43. The zero-order valence-electron chi connectivity index (χ0n) is 14.1. The highest BCUT2D eigenvalue weighted by Crippen LogP contribution is 2.12. The summed E-state index contributed by atoms with van der Waals surface area (Å²) >= 11 is 1.46. The minimum Gasteiger partial charge on any atom is -0.375 e. The van der Waals surface area contributed by atoms with Gasteiger partial charge in [0.1, 0.15) is 12.6 Å². The fraction of sp³-hybridized carbons (Fsp3) is 0.769. The molecule has 1 aliphatic rings. The number of carbonyl (C=O) groups excluding carboxylic acids is 2. The molecule has 0 saturated carbocycles. The molecule has 2 rings (SSSR count). The molecular weight excluding hydrogens is 334 g/mol. The molecule has 0 bridgehead atoms. The maximum atomic E-state index is 12.5. The number of likely N-dealkylation sites (N-methyl/N-ethyl adjacent to an activating group) is 1. The van der Waals surface area contributed by atoms with Gasteiger partial charge in [0.05, 0.1) is 0 Å². The molecule has 1 aliphatic heterocycles. The molecule has 1 N–H and O–H groups in total. The maximum absolute atomic E-state index is 12.5. The lowest BCUT2D eigenvalue weighted by Crippen LogP contribution is -2.60. The second-order valence-electron chi connectivity index (χ2n) is 5.52. The molecule has 11 heteroatoms. The third kappa shape index (κ3) is 4.89. The molecule has 1 aromatic rings. The topological polar surface area (TPSA) is 105 Å². The number of ether oxygens (including phenoxy) is 1. The second kappa shape index (κ2) is 8.94. The van der Waals surface area contributed by atoms with Gasteiger partial charge >= 0.3 is 0 Å². The summed E-state index contributed by atoms with van der Waals surface area (Å²) in [6.07, 6.45) is 0. The summed E-state index contributed by atoms with van der Waals surface area (Å²) in [6.45, 7) is 2.25. The third-order valence-electron chi connectivity index (χ3n) is 3.69. The maximum Gasteiger partial charge on any atom is 0.249 e. The van der Waals surface area contributed by atoms with Crippen LogP contribution >= 0.6 is 11.8 Å². The monoisotopic (exact) mass is 357 g/mol. The van der Waals surface area contributed by atoms with E-state index in [-0.39, 0.29) is 18.4 Å². The van der Waals surface area contributed by atoms with E-state index in [0.29, 0.717) is 30.5 Å². The Balaban J connectivity index is 1.83. The molecule has 10 nitrogen and oxygen atoms in total. The van der Waals surface area contributed by atoms with Gasteiger partial charge in [-0.1, -0.05) is 11.8 Å². The average molecular weight is 357 g/mol. The predicted octanol–water partition coefficient (Wildman–Crippen LogP) is -1.79. The zero-order valence-corrected chi connectivity index (χ0v) is 15.0. The van der Waals surface area contributed by atoms with Gasteiger partial charge in [0.15, 0.2) is 0 Å². The minimum atomic E-state index is -0.493. The number of aromatic nitrogens is 4. The fourth-order valence-corrected chi connectivity index (χ4v) is 3.13. The van der Waals surface area contributed by atoms with Crippen molar-refractivity contribution in [3.8, 4) is 0 Å². The van der Waals surface area contributed by atoms with Gasteiger partial charge < -0.3 is 19.9 Å². The van der Waals surface area contributed by atoms with Crippen LogP contribution in [0, 0.1) is 0 Å². The van der Waals surface area contributed by atoms with Crippen LogP contribution in [0.1, 0.15) is 0 Å². The quantitative estimate of drug-likeness (QED) is 0.450. The predicted molar refractivity (Wildman–Crippen MR) is 87.4 cm³/mol. The SMILES string of the molecule is COCC(=O)N1CCN(C)C[C@H]1C(=O)NCCSc1nnnn1C. The summed E-state index contributed by atoms with van der Waals surface area (Å²) in [5.41, 5.74) is 0. The van der Waals surface area contributed by atoms with Crippen molar-refractivity contribution in [3.63, 3.8) is 0 Å². The van der Waals surface area contributed by atoms with Crippen LogP contribution in [0.25, 0.3) is 0 Å². The van der Waals surface area contributed by atoms with Crippen LogP contribution in [0.4, 0.5) is 0 Å². The van der Waals surface area contributed by atoms with Crippen LogP contribution in [-0.4, -0.2) is 101 Å². The number of nitrogens with zero attached hydrogens (tertiary/aromatic N) is 6. The molecule has 0 spiro atoms. The van der Waals surface area contributed by atoms with Crippen LogP contribution in [-0.2, 0) is 21.4 Å². The van der Waals surface area contributed by atoms with E-state index < -0.39 is 6.04 Å². The largest absolute Gasteiger partial charge is 0.375 e. The standard InChI is InChI=1S/C13H23N7O3S/c1-18-5-6-20(11(21)9-23-3)10(8-18)12(22)14-4-7-24-13-15-16-17-19(13)2/h10H,4-9H2,1-3H3,(H,14,22)/t10-/m0/s1. The molecule has 2 heterocycles. The van der Waals surface area contributed by atoms with E-state index in [1.54, 1.807) is 16.6 Å². The molecule has 2 amide bonds. The summed E-state index contributed by atoms with van der Waals surface area (Å²) in [7, 11) is 5.18. The number of methoxy groups -OCH3 is 1. The number of tetrazole rings is 1. The van der Waals surface area contributed by atoms with Gasteiger partial charge in [0, 0.05) is 46.1 Å². The Morgan fingerprint density at radius 2 is 2.17 bits per heavy atom. The lowest BCUT2D eigenvalue weighted by Gasteiger charge is -2.38. The summed E-state index contributed by atoms with van der Waals surface area (Å²) in [4.78, 5) is 28.2. The molecular formula is C13H23N7O3S. The summed E-state index contributed by atoms with van der Waals surface area (Å²) in [6, 6.07) is -0.493. The molecule has 1 aromatic heterocycles. The number of hydrogen-bond donors (Lipinski definition) is 1. The van der Waals surface area contributed by atoms with Gasteiger partial charge in [-0.05, 0) is 17.5 Å². The van der Waals surface area contributed by atoms with E-state index in [1.165, 1.54) is 18.9 Å².